The third-order valence-electron chi connectivity index (χ3n) is 2.21. The quantitative estimate of drug-likeness (QED) is 0.848. The van der Waals surface area contributed by atoms with Crippen molar-refractivity contribution in [2.45, 2.75) is 26.9 Å². The van der Waals surface area contributed by atoms with Crippen LogP contribution in [0.3, 0.4) is 0 Å². The van der Waals surface area contributed by atoms with E-state index in [-0.39, 0.29) is 6.61 Å². The topological polar surface area (TPSA) is 59.4 Å². The highest BCUT2D eigenvalue weighted by atomic mass is 35.5. The second-order valence-corrected chi connectivity index (χ2v) is 5.54. The SMILES string of the molecule is CCOC(=O)C(C)(C)C(O)c1ncc(Cl)s1. The van der Waals surface area contributed by atoms with Gasteiger partial charge in [0.25, 0.3) is 0 Å². The molecule has 0 aliphatic rings. The van der Waals surface area contributed by atoms with Gasteiger partial charge in [-0.25, -0.2) is 4.98 Å². The highest BCUT2D eigenvalue weighted by molar-refractivity contribution is 7.15. The van der Waals surface area contributed by atoms with Crippen molar-refractivity contribution in [3.05, 3.63) is 15.5 Å². The molecule has 1 atom stereocenters. The molecule has 1 unspecified atom stereocenters. The van der Waals surface area contributed by atoms with Gasteiger partial charge < -0.3 is 9.84 Å². The molecule has 0 aliphatic carbocycles. The second kappa shape index (κ2) is 5.12. The Kier molecular flexibility index (Phi) is 4.29. The number of nitrogens with zero attached hydrogens (tertiary/aromatic N) is 1. The van der Waals surface area contributed by atoms with Crippen LogP contribution >= 0.6 is 22.9 Å². The molecule has 1 N–H and O–H groups in total. The van der Waals surface area contributed by atoms with E-state index in [1.807, 2.05) is 0 Å². The van der Waals surface area contributed by atoms with Crippen molar-refractivity contribution >= 4 is 28.9 Å². The predicted octanol–water partition coefficient (Wildman–Crippen LogP) is 2.42. The molecule has 90 valence electrons. The first-order chi connectivity index (χ1) is 7.39. The molecule has 1 heterocycles. The van der Waals surface area contributed by atoms with E-state index in [0.717, 1.165) is 11.3 Å². The molecule has 0 bridgehead atoms. The summed E-state index contributed by atoms with van der Waals surface area (Å²) >= 11 is 6.88. The number of aromatic nitrogens is 1. The Hall–Kier alpha value is -0.650. The lowest BCUT2D eigenvalue weighted by atomic mass is 9.87. The molecule has 1 aromatic rings. The normalized spacial score (nSPS) is 13.6. The van der Waals surface area contributed by atoms with Gasteiger partial charge in [-0.3, -0.25) is 4.79 Å². The number of rotatable bonds is 4. The van der Waals surface area contributed by atoms with Crippen molar-refractivity contribution in [2.24, 2.45) is 5.41 Å². The molecule has 0 amide bonds. The molecule has 0 spiro atoms. The van der Waals surface area contributed by atoms with E-state index >= 15 is 0 Å². The summed E-state index contributed by atoms with van der Waals surface area (Å²) in [6.45, 7) is 5.24. The number of hydrogen-bond acceptors (Lipinski definition) is 5. The molecular formula is C10H14ClNO3S. The van der Waals surface area contributed by atoms with E-state index < -0.39 is 17.5 Å². The Morgan fingerprint density at radius 1 is 1.75 bits per heavy atom. The summed E-state index contributed by atoms with van der Waals surface area (Å²) in [5.74, 6) is -0.450. The van der Waals surface area contributed by atoms with E-state index in [9.17, 15) is 9.90 Å². The van der Waals surface area contributed by atoms with Crippen molar-refractivity contribution in [3.63, 3.8) is 0 Å². The maximum atomic E-state index is 11.6. The minimum absolute atomic E-state index is 0.285. The van der Waals surface area contributed by atoms with Gasteiger partial charge in [-0.05, 0) is 20.8 Å². The van der Waals surface area contributed by atoms with Gasteiger partial charge in [0.1, 0.15) is 15.4 Å². The smallest absolute Gasteiger partial charge is 0.314 e. The van der Waals surface area contributed by atoms with Gasteiger partial charge in [0.15, 0.2) is 0 Å². The van der Waals surface area contributed by atoms with Crippen LogP contribution in [0.2, 0.25) is 4.34 Å². The van der Waals surface area contributed by atoms with Gasteiger partial charge >= 0.3 is 5.97 Å². The molecule has 0 radical (unpaired) electrons. The van der Waals surface area contributed by atoms with Gasteiger partial charge in [-0.1, -0.05) is 11.6 Å². The second-order valence-electron chi connectivity index (χ2n) is 3.85. The first kappa shape index (κ1) is 13.4. The summed E-state index contributed by atoms with van der Waals surface area (Å²) in [5.41, 5.74) is -1.03. The van der Waals surface area contributed by atoms with Crippen molar-refractivity contribution in [1.82, 2.24) is 4.98 Å². The lowest BCUT2D eigenvalue weighted by molar-refractivity contribution is -0.160. The number of halogens is 1. The number of hydrogen-bond donors (Lipinski definition) is 1. The van der Waals surface area contributed by atoms with Crippen molar-refractivity contribution in [3.8, 4) is 0 Å². The highest BCUT2D eigenvalue weighted by Gasteiger charge is 2.39. The van der Waals surface area contributed by atoms with Gasteiger partial charge in [-0.2, -0.15) is 0 Å². The van der Waals surface area contributed by atoms with Crippen molar-refractivity contribution < 1.29 is 14.6 Å². The molecule has 16 heavy (non-hydrogen) atoms. The molecule has 0 aliphatic heterocycles. The number of ether oxygens (including phenoxy) is 1. The Morgan fingerprint density at radius 3 is 2.81 bits per heavy atom. The third-order valence-corrected chi connectivity index (χ3v) is 3.38. The van der Waals surface area contributed by atoms with Crippen LogP contribution in [0, 0.1) is 5.41 Å². The van der Waals surface area contributed by atoms with Crippen molar-refractivity contribution in [1.29, 1.82) is 0 Å². The Bertz CT molecular complexity index is 378. The first-order valence-electron chi connectivity index (χ1n) is 4.86. The maximum absolute atomic E-state index is 11.6. The standard InChI is InChI=1S/C10H14ClNO3S/c1-4-15-9(14)10(2,3)7(13)8-12-5-6(11)16-8/h5,7,13H,4H2,1-3H3. The number of carbonyl (C=O) groups is 1. The van der Waals surface area contributed by atoms with Crippen LogP contribution in [0.25, 0.3) is 0 Å². The lowest BCUT2D eigenvalue weighted by Gasteiger charge is -2.26. The van der Waals surface area contributed by atoms with Crippen LogP contribution in [-0.4, -0.2) is 22.7 Å². The van der Waals surface area contributed by atoms with E-state index in [1.54, 1.807) is 20.8 Å². The Labute approximate surface area is 103 Å². The molecular weight excluding hydrogens is 250 g/mol. The monoisotopic (exact) mass is 263 g/mol. The van der Waals surface area contributed by atoms with Crippen LogP contribution in [0.1, 0.15) is 31.9 Å². The number of carbonyl (C=O) groups excluding carboxylic acids is 1. The van der Waals surface area contributed by atoms with Gasteiger partial charge in [0.05, 0.1) is 18.2 Å². The molecule has 1 rings (SSSR count). The number of esters is 1. The largest absolute Gasteiger partial charge is 0.465 e. The lowest BCUT2D eigenvalue weighted by Crippen LogP contribution is -2.33. The summed E-state index contributed by atoms with van der Waals surface area (Å²) in [6.07, 6.45) is 0.440. The Balaban J connectivity index is 2.87. The average molecular weight is 264 g/mol. The van der Waals surface area contributed by atoms with E-state index in [4.69, 9.17) is 16.3 Å². The summed E-state index contributed by atoms with van der Waals surface area (Å²) in [5, 5.41) is 10.5. The van der Waals surface area contributed by atoms with Crippen LogP contribution in [0.5, 0.6) is 0 Å². The molecule has 0 saturated heterocycles. The average Bonchev–Trinajstić information content (AvgIpc) is 2.64. The van der Waals surface area contributed by atoms with E-state index in [1.165, 1.54) is 6.20 Å². The zero-order valence-electron chi connectivity index (χ0n) is 9.36. The highest BCUT2D eigenvalue weighted by Crippen LogP contribution is 2.37. The van der Waals surface area contributed by atoms with Gasteiger partial charge in [0.2, 0.25) is 0 Å². The zero-order chi connectivity index (χ0) is 12.3. The van der Waals surface area contributed by atoms with Gasteiger partial charge in [0, 0.05) is 0 Å². The number of thiazole rings is 1. The number of aliphatic hydroxyl groups is 1. The fraction of sp³-hybridized carbons (Fsp3) is 0.600. The summed E-state index contributed by atoms with van der Waals surface area (Å²) < 4.78 is 5.38. The van der Waals surface area contributed by atoms with Crippen LogP contribution in [0.4, 0.5) is 0 Å². The Morgan fingerprint density at radius 2 is 2.38 bits per heavy atom. The molecule has 4 nitrogen and oxygen atoms in total. The number of aliphatic hydroxyl groups excluding tert-OH is 1. The summed E-state index contributed by atoms with van der Waals surface area (Å²) in [7, 11) is 0. The maximum Gasteiger partial charge on any atom is 0.314 e. The van der Waals surface area contributed by atoms with Crippen LogP contribution in [0.15, 0.2) is 6.20 Å². The van der Waals surface area contributed by atoms with Crippen LogP contribution < -0.4 is 0 Å². The summed E-state index contributed by atoms with van der Waals surface area (Å²) in [6, 6.07) is 0. The molecule has 0 fully saturated rings. The fourth-order valence-electron chi connectivity index (χ4n) is 1.13. The minimum atomic E-state index is -1.03. The molecule has 6 heteroatoms. The molecule has 0 aromatic carbocycles. The zero-order valence-corrected chi connectivity index (χ0v) is 10.9. The van der Waals surface area contributed by atoms with Crippen LogP contribution in [-0.2, 0) is 9.53 Å². The van der Waals surface area contributed by atoms with E-state index in [0.29, 0.717) is 9.34 Å². The predicted molar refractivity (Wildman–Crippen MR) is 62.5 cm³/mol. The summed E-state index contributed by atoms with van der Waals surface area (Å²) in [4.78, 5) is 15.6. The van der Waals surface area contributed by atoms with Crippen molar-refractivity contribution in [2.75, 3.05) is 6.61 Å². The molecule has 0 saturated carbocycles. The molecule has 1 aromatic heterocycles. The third kappa shape index (κ3) is 2.72. The van der Waals surface area contributed by atoms with Gasteiger partial charge in [-0.15, -0.1) is 11.3 Å². The first-order valence-corrected chi connectivity index (χ1v) is 6.05. The minimum Gasteiger partial charge on any atom is -0.465 e. The fourth-order valence-corrected chi connectivity index (χ4v) is 2.23. The van der Waals surface area contributed by atoms with E-state index in [2.05, 4.69) is 4.98 Å².